The van der Waals surface area contributed by atoms with Crippen LogP contribution in [0, 0.1) is 5.92 Å². The number of methoxy groups -OCH3 is 1. The summed E-state index contributed by atoms with van der Waals surface area (Å²) in [7, 11) is 1.37. The first-order valence-corrected chi connectivity index (χ1v) is 6.88. The highest BCUT2D eigenvalue weighted by atomic mass is 16.5. The van der Waals surface area contributed by atoms with E-state index < -0.39 is 0 Å². The van der Waals surface area contributed by atoms with Crippen LogP contribution in [0.3, 0.4) is 0 Å². The fourth-order valence-electron chi connectivity index (χ4n) is 2.24. The van der Waals surface area contributed by atoms with Gasteiger partial charge in [0.2, 0.25) is 0 Å². The Kier molecular flexibility index (Phi) is 4.30. The summed E-state index contributed by atoms with van der Waals surface area (Å²) < 4.78 is 4.68. The molecule has 1 unspecified atom stereocenters. The van der Waals surface area contributed by atoms with E-state index in [9.17, 15) is 4.79 Å². The average Bonchev–Trinajstić information content (AvgIpc) is 3.23. The van der Waals surface area contributed by atoms with Gasteiger partial charge in [0.1, 0.15) is 0 Å². The molecule has 104 valence electrons. The van der Waals surface area contributed by atoms with Crippen LogP contribution in [0.1, 0.15) is 43.0 Å². The number of ether oxygens (including phenoxy) is 1. The Labute approximate surface area is 114 Å². The second kappa shape index (κ2) is 5.95. The summed E-state index contributed by atoms with van der Waals surface area (Å²) in [5.74, 6) is 0.524. The Bertz CT molecular complexity index is 455. The van der Waals surface area contributed by atoms with Crippen LogP contribution in [-0.4, -0.2) is 19.1 Å². The quantitative estimate of drug-likeness (QED) is 0.611. The standard InChI is InChI=1S/C15H22N2O2/c1-3-12(8-10-4-5-10)17-14-7-6-11(9-13(14)16)15(18)19-2/h6-7,9-10,12,17H,3-5,8,16H2,1-2H3. The number of nitrogens with one attached hydrogen (secondary N) is 1. The fourth-order valence-corrected chi connectivity index (χ4v) is 2.24. The van der Waals surface area contributed by atoms with Crippen molar-refractivity contribution in [3.63, 3.8) is 0 Å². The number of hydrogen-bond donors (Lipinski definition) is 2. The molecule has 1 aromatic rings. The molecule has 1 aromatic carbocycles. The molecular weight excluding hydrogens is 240 g/mol. The summed E-state index contributed by atoms with van der Waals surface area (Å²) in [4.78, 5) is 11.4. The Morgan fingerprint density at radius 3 is 2.79 bits per heavy atom. The predicted molar refractivity (Wildman–Crippen MR) is 77.2 cm³/mol. The van der Waals surface area contributed by atoms with Gasteiger partial charge in [0.15, 0.2) is 0 Å². The maximum atomic E-state index is 11.4. The van der Waals surface area contributed by atoms with E-state index >= 15 is 0 Å². The summed E-state index contributed by atoms with van der Waals surface area (Å²) in [5, 5.41) is 3.48. The molecule has 19 heavy (non-hydrogen) atoms. The zero-order valence-corrected chi connectivity index (χ0v) is 11.6. The van der Waals surface area contributed by atoms with Crippen molar-refractivity contribution in [2.45, 2.75) is 38.6 Å². The number of nitrogens with two attached hydrogens (primary N) is 1. The van der Waals surface area contributed by atoms with Gasteiger partial charge in [-0.3, -0.25) is 0 Å². The van der Waals surface area contributed by atoms with Gasteiger partial charge in [-0.15, -0.1) is 0 Å². The highest BCUT2D eigenvalue weighted by Crippen LogP contribution is 2.35. The van der Waals surface area contributed by atoms with Gasteiger partial charge in [-0.05, 0) is 37.0 Å². The molecule has 0 aromatic heterocycles. The fraction of sp³-hybridized carbons (Fsp3) is 0.533. The van der Waals surface area contributed by atoms with E-state index in [2.05, 4.69) is 17.0 Å². The van der Waals surface area contributed by atoms with E-state index in [1.54, 1.807) is 12.1 Å². The smallest absolute Gasteiger partial charge is 0.337 e. The number of rotatable bonds is 6. The zero-order chi connectivity index (χ0) is 13.8. The van der Waals surface area contributed by atoms with Crippen molar-refractivity contribution >= 4 is 17.3 Å². The highest BCUT2D eigenvalue weighted by Gasteiger charge is 2.24. The number of esters is 1. The van der Waals surface area contributed by atoms with Crippen molar-refractivity contribution in [2.75, 3.05) is 18.2 Å². The molecule has 1 saturated carbocycles. The van der Waals surface area contributed by atoms with Gasteiger partial charge in [0.05, 0.1) is 24.0 Å². The minimum Gasteiger partial charge on any atom is -0.465 e. The summed E-state index contributed by atoms with van der Waals surface area (Å²) >= 11 is 0. The van der Waals surface area contributed by atoms with Crippen LogP contribution in [0.2, 0.25) is 0 Å². The van der Waals surface area contributed by atoms with Crippen molar-refractivity contribution in [3.05, 3.63) is 23.8 Å². The summed E-state index contributed by atoms with van der Waals surface area (Å²) in [6, 6.07) is 5.72. The molecular formula is C15H22N2O2. The first-order chi connectivity index (χ1) is 9.13. The first-order valence-electron chi connectivity index (χ1n) is 6.88. The van der Waals surface area contributed by atoms with Gasteiger partial charge < -0.3 is 15.8 Å². The number of carbonyl (C=O) groups is 1. The SMILES string of the molecule is CCC(CC1CC1)Nc1ccc(C(=O)OC)cc1N. The van der Waals surface area contributed by atoms with Crippen LogP contribution in [-0.2, 0) is 4.74 Å². The van der Waals surface area contributed by atoms with E-state index in [-0.39, 0.29) is 5.97 Å². The minimum atomic E-state index is -0.358. The van der Waals surface area contributed by atoms with Crippen molar-refractivity contribution < 1.29 is 9.53 Å². The lowest BCUT2D eigenvalue weighted by molar-refractivity contribution is 0.0601. The highest BCUT2D eigenvalue weighted by molar-refractivity contribution is 5.91. The van der Waals surface area contributed by atoms with E-state index in [4.69, 9.17) is 5.73 Å². The molecule has 1 fully saturated rings. The normalized spacial score (nSPS) is 15.9. The monoisotopic (exact) mass is 262 g/mol. The maximum absolute atomic E-state index is 11.4. The van der Waals surface area contributed by atoms with Gasteiger partial charge in [-0.25, -0.2) is 4.79 Å². The Morgan fingerprint density at radius 1 is 1.53 bits per heavy atom. The van der Waals surface area contributed by atoms with E-state index in [0.29, 0.717) is 17.3 Å². The summed E-state index contributed by atoms with van der Waals surface area (Å²) in [6.45, 7) is 2.18. The van der Waals surface area contributed by atoms with Gasteiger partial charge in [-0.2, -0.15) is 0 Å². The Hall–Kier alpha value is -1.71. The van der Waals surface area contributed by atoms with E-state index in [1.807, 2.05) is 6.07 Å². The molecule has 4 heteroatoms. The Morgan fingerprint density at radius 2 is 2.26 bits per heavy atom. The Balaban J connectivity index is 2.04. The molecule has 0 bridgehead atoms. The van der Waals surface area contributed by atoms with E-state index in [1.165, 1.54) is 26.4 Å². The second-order valence-electron chi connectivity index (χ2n) is 5.22. The van der Waals surface area contributed by atoms with Gasteiger partial charge in [0.25, 0.3) is 0 Å². The number of carbonyl (C=O) groups excluding carboxylic acids is 1. The number of anilines is 2. The van der Waals surface area contributed by atoms with E-state index in [0.717, 1.165) is 18.0 Å². The van der Waals surface area contributed by atoms with Crippen molar-refractivity contribution in [2.24, 2.45) is 5.92 Å². The minimum absolute atomic E-state index is 0.358. The lowest BCUT2D eigenvalue weighted by atomic mass is 10.1. The number of hydrogen-bond acceptors (Lipinski definition) is 4. The van der Waals surface area contributed by atoms with Gasteiger partial charge >= 0.3 is 5.97 Å². The topological polar surface area (TPSA) is 64.3 Å². The molecule has 0 radical (unpaired) electrons. The maximum Gasteiger partial charge on any atom is 0.337 e. The molecule has 0 saturated heterocycles. The molecule has 0 spiro atoms. The van der Waals surface area contributed by atoms with Crippen LogP contribution >= 0.6 is 0 Å². The van der Waals surface area contributed by atoms with Crippen molar-refractivity contribution in [1.82, 2.24) is 0 Å². The van der Waals surface area contributed by atoms with Crippen LogP contribution < -0.4 is 11.1 Å². The molecule has 0 heterocycles. The largest absolute Gasteiger partial charge is 0.465 e. The molecule has 3 N–H and O–H groups in total. The number of nitrogen functional groups attached to an aromatic ring is 1. The molecule has 1 atom stereocenters. The van der Waals surface area contributed by atoms with Gasteiger partial charge in [0, 0.05) is 6.04 Å². The first kappa shape index (κ1) is 13.7. The zero-order valence-electron chi connectivity index (χ0n) is 11.6. The van der Waals surface area contributed by atoms with Crippen molar-refractivity contribution in [3.8, 4) is 0 Å². The van der Waals surface area contributed by atoms with Crippen LogP contribution in [0.25, 0.3) is 0 Å². The third-order valence-corrected chi connectivity index (χ3v) is 3.64. The molecule has 0 aliphatic heterocycles. The summed E-state index contributed by atoms with van der Waals surface area (Å²) in [5.41, 5.74) is 7.98. The second-order valence-corrected chi connectivity index (χ2v) is 5.22. The lowest BCUT2D eigenvalue weighted by Gasteiger charge is -2.19. The third-order valence-electron chi connectivity index (χ3n) is 3.64. The molecule has 1 aliphatic carbocycles. The van der Waals surface area contributed by atoms with Crippen LogP contribution in [0.15, 0.2) is 18.2 Å². The molecule has 0 amide bonds. The average molecular weight is 262 g/mol. The molecule has 2 rings (SSSR count). The molecule has 4 nitrogen and oxygen atoms in total. The summed E-state index contributed by atoms with van der Waals surface area (Å²) in [6.07, 6.45) is 4.99. The predicted octanol–water partition coefficient (Wildman–Crippen LogP) is 3.05. The van der Waals surface area contributed by atoms with Crippen LogP contribution in [0.5, 0.6) is 0 Å². The van der Waals surface area contributed by atoms with Crippen LogP contribution in [0.4, 0.5) is 11.4 Å². The lowest BCUT2D eigenvalue weighted by Crippen LogP contribution is -2.20. The van der Waals surface area contributed by atoms with Crippen molar-refractivity contribution in [1.29, 1.82) is 0 Å². The third kappa shape index (κ3) is 3.63. The number of benzene rings is 1. The molecule has 1 aliphatic rings. The van der Waals surface area contributed by atoms with Gasteiger partial charge in [-0.1, -0.05) is 19.8 Å².